The minimum Gasteiger partial charge on any atom is -0.391 e. The largest absolute Gasteiger partial charge is 0.391 e. The molecule has 4 nitrogen and oxygen atoms in total. The molecule has 1 amide bonds. The zero-order valence-corrected chi connectivity index (χ0v) is 13.3. The van der Waals surface area contributed by atoms with Gasteiger partial charge in [0.25, 0.3) is 0 Å². The fraction of sp³-hybridized carbons (Fsp3) is 0.316. The number of carbonyl (C=O) groups is 1. The first kappa shape index (κ1) is 16.6. The molecule has 1 saturated heterocycles. The molecule has 1 heterocycles. The summed E-state index contributed by atoms with van der Waals surface area (Å²) in [6.07, 6.45) is -0.190. The summed E-state index contributed by atoms with van der Waals surface area (Å²) in [6, 6.07) is 15.5. The van der Waals surface area contributed by atoms with Crippen molar-refractivity contribution in [2.45, 2.75) is 25.2 Å². The number of nitrogens with zero attached hydrogens (tertiary/aromatic N) is 1. The van der Waals surface area contributed by atoms with Crippen molar-refractivity contribution in [3.8, 4) is 0 Å². The molecule has 24 heavy (non-hydrogen) atoms. The van der Waals surface area contributed by atoms with Crippen LogP contribution in [0.15, 0.2) is 54.6 Å². The summed E-state index contributed by atoms with van der Waals surface area (Å²) >= 11 is 0. The van der Waals surface area contributed by atoms with E-state index < -0.39 is 6.10 Å². The number of aliphatic hydroxyl groups excluding tert-OH is 1. The van der Waals surface area contributed by atoms with Crippen molar-refractivity contribution in [3.05, 3.63) is 71.5 Å². The molecular formula is C19H20FNO3. The van der Waals surface area contributed by atoms with E-state index in [2.05, 4.69) is 0 Å². The molecule has 2 atom stereocenters. The van der Waals surface area contributed by atoms with Crippen LogP contribution in [-0.4, -0.2) is 35.2 Å². The van der Waals surface area contributed by atoms with Gasteiger partial charge in [0.15, 0.2) is 0 Å². The van der Waals surface area contributed by atoms with E-state index in [1.165, 1.54) is 12.1 Å². The fourth-order valence-corrected chi connectivity index (χ4v) is 3.03. The molecule has 0 radical (unpaired) electrons. The van der Waals surface area contributed by atoms with E-state index in [0.29, 0.717) is 18.6 Å². The van der Waals surface area contributed by atoms with E-state index in [-0.39, 0.29) is 30.9 Å². The lowest BCUT2D eigenvalue weighted by Crippen LogP contribution is -2.34. The molecule has 3 rings (SSSR count). The van der Waals surface area contributed by atoms with Gasteiger partial charge in [-0.3, -0.25) is 4.79 Å². The molecule has 126 valence electrons. The maximum Gasteiger partial charge on any atom is 0.249 e. The Morgan fingerprint density at radius 1 is 1.21 bits per heavy atom. The lowest BCUT2D eigenvalue weighted by atomic mass is 10.0. The predicted octanol–water partition coefficient (Wildman–Crippen LogP) is 2.68. The van der Waals surface area contributed by atoms with Crippen molar-refractivity contribution >= 4 is 5.91 Å². The van der Waals surface area contributed by atoms with Gasteiger partial charge in [-0.05, 0) is 29.7 Å². The van der Waals surface area contributed by atoms with Crippen molar-refractivity contribution in [2.75, 3.05) is 13.2 Å². The highest BCUT2D eigenvalue weighted by Crippen LogP contribution is 2.32. The Morgan fingerprint density at radius 2 is 2.00 bits per heavy atom. The molecule has 0 unspecified atom stereocenters. The molecule has 2 aromatic carbocycles. The Kier molecular flexibility index (Phi) is 5.23. The molecule has 1 fully saturated rings. The SMILES string of the molecule is O=C(COCc1ccccc1)N1C[C@H](O)C[C@H]1c1cccc(F)c1. The van der Waals surface area contributed by atoms with Crippen LogP contribution in [-0.2, 0) is 16.1 Å². The van der Waals surface area contributed by atoms with Crippen LogP contribution in [0.3, 0.4) is 0 Å². The minimum absolute atomic E-state index is 0.0621. The number of benzene rings is 2. The van der Waals surface area contributed by atoms with Crippen LogP contribution in [0.25, 0.3) is 0 Å². The van der Waals surface area contributed by atoms with Crippen molar-refractivity contribution in [3.63, 3.8) is 0 Å². The van der Waals surface area contributed by atoms with Gasteiger partial charge in [-0.2, -0.15) is 0 Å². The normalized spacial score (nSPS) is 20.3. The number of halogens is 1. The molecule has 0 saturated carbocycles. The minimum atomic E-state index is -0.601. The van der Waals surface area contributed by atoms with Gasteiger partial charge in [0, 0.05) is 6.54 Å². The second-order valence-corrected chi connectivity index (χ2v) is 5.98. The number of hydrogen-bond acceptors (Lipinski definition) is 3. The van der Waals surface area contributed by atoms with Gasteiger partial charge >= 0.3 is 0 Å². The summed E-state index contributed by atoms with van der Waals surface area (Å²) in [5, 5.41) is 9.92. The fourth-order valence-electron chi connectivity index (χ4n) is 3.03. The maximum absolute atomic E-state index is 13.4. The second-order valence-electron chi connectivity index (χ2n) is 5.98. The zero-order chi connectivity index (χ0) is 16.9. The first-order valence-electron chi connectivity index (χ1n) is 7.98. The summed E-state index contributed by atoms with van der Waals surface area (Å²) in [6.45, 7) is 0.537. The topological polar surface area (TPSA) is 49.8 Å². The number of amides is 1. The number of likely N-dealkylation sites (tertiary alicyclic amines) is 1. The Labute approximate surface area is 140 Å². The molecule has 0 aromatic heterocycles. The zero-order valence-electron chi connectivity index (χ0n) is 13.3. The average molecular weight is 329 g/mol. The number of hydrogen-bond donors (Lipinski definition) is 1. The van der Waals surface area contributed by atoms with Crippen LogP contribution in [0.2, 0.25) is 0 Å². The summed E-state index contributed by atoms with van der Waals surface area (Å²) in [5.74, 6) is -0.543. The highest BCUT2D eigenvalue weighted by Gasteiger charge is 2.35. The van der Waals surface area contributed by atoms with E-state index in [4.69, 9.17) is 4.74 Å². The highest BCUT2D eigenvalue weighted by molar-refractivity contribution is 5.78. The molecular weight excluding hydrogens is 309 g/mol. The van der Waals surface area contributed by atoms with Crippen molar-refractivity contribution < 1.29 is 19.0 Å². The van der Waals surface area contributed by atoms with Crippen LogP contribution in [0.1, 0.15) is 23.6 Å². The van der Waals surface area contributed by atoms with E-state index in [1.54, 1.807) is 17.0 Å². The Morgan fingerprint density at radius 3 is 2.75 bits per heavy atom. The molecule has 1 aliphatic heterocycles. The van der Waals surface area contributed by atoms with E-state index in [1.807, 2.05) is 30.3 Å². The third kappa shape index (κ3) is 3.99. The van der Waals surface area contributed by atoms with Gasteiger partial charge in [0.2, 0.25) is 5.91 Å². The Bertz CT molecular complexity index is 692. The van der Waals surface area contributed by atoms with E-state index >= 15 is 0 Å². The van der Waals surface area contributed by atoms with Gasteiger partial charge < -0.3 is 14.7 Å². The first-order chi connectivity index (χ1) is 11.6. The Balaban J connectivity index is 1.62. The molecule has 2 aromatic rings. The van der Waals surface area contributed by atoms with Gasteiger partial charge in [0.05, 0.1) is 18.8 Å². The monoisotopic (exact) mass is 329 g/mol. The van der Waals surface area contributed by atoms with Crippen LogP contribution >= 0.6 is 0 Å². The van der Waals surface area contributed by atoms with Crippen LogP contribution in [0, 0.1) is 5.82 Å². The third-order valence-corrected chi connectivity index (χ3v) is 4.17. The number of aliphatic hydroxyl groups is 1. The van der Waals surface area contributed by atoms with Gasteiger partial charge in [-0.1, -0.05) is 42.5 Å². The van der Waals surface area contributed by atoms with Crippen LogP contribution in [0.5, 0.6) is 0 Å². The quantitative estimate of drug-likeness (QED) is 0.917. The number of carbonyl (C=O) groups excluding carboxylic acids is 1. The average Bonchev–Trinajstić information content (AvgIpc) is 2.98. The number of β-amino-alcohol motifs (C(OH)–C–C–N with tert-alkyl or cyclic N) is 1. The third-order valence-electron chi connectivity index (χ3n) is 4.17. The van der Waals surface area contributed by atoms with Gasteiger partial charge in [-0.15, -0.1) is 0 Å². The lowest BCUT2D eigenvalue weighted by Gasteiger charge is -2.24. The highest BCUT2D eigenvalue weighted by atomic mass is 19.1. The first-order valence-corrected chi connectivity index (χ1v) is 7.98. The number of rotatable bonds is 5. The molecule has 1 N–H and O–H groups in total. The Hall–Kier alpha value is -2.24. The summed E-state index contributed by atoms with van der Waals surface area (Å²) < 4.78 is 18.9. The molecule has 0 spiro atoms. The van der Waals surface area contributed by atoms with Crippen molar-refractivity contribution in [1.82, 2.24) is 4.90 Å². The maximum atomic E-state index is 13.4. The van der Waals surface area contributed by atoms with E-state index in [9.17, 15) is 14.3 Å². The second kappa shape index (κ2) is 7.55. The molecule has 0 aliphatic carbocycles. The van der Waals surface area contributed by atoms with Gasteiger partial charge in [-0.25, -0.2) is 4.39 Å². The summed E-state index contributed by atoms with van der Waals surface area (Å²) in [4.78, 5) is 14.0. The van der Waals surface area contributed by atoms with Crippen LogP contribution < -0.4 is 0 Å². The molecule has 1 aliphatic rings. The van der Waals surface area contributed by atoms with Crippen molar-refractivity contribution in [1.29, 1.82) is 0 Å². The number of ether oxygens (including phenoxy) is 1. The van der Waals surface area contributed by atoms with E-state index in [0.717, 1.165) is 5.56 Å². The molecule has 5 heteroatoms. The molecule has 0 bridgehead atoms. The summed E-state index contributed by atoms with van der Waals surface area (Å²) in [5.41, 5.74) is 1.69. The van der Waals surface area contributed by atoms with Crippen molar-refractivity contribution in [2.24, 2.45) is 0 Å². The standard InChI is InChI=1S/C19H20FNO3/c20-16-8-4-7-15(9-16)18-10-17(22)11-21(18)19(23)13-24-12-14-5-2-1-3-6-14/h1-9,17-18,22H,10-13H2/t17-,18+/m1/s1. The smallest absolute Gasteiger partial charge is 0.249 e. The van der Waals surface area contributed by atoms with Crippen LogP contribution in [0.4, 0.5) is 4.39 Å². The van der Waals surface area contributed by atoms with Gasteiger partial charge in [0.1, 0.15) is 12.4 Å². The summed E-state index contributed by atoms with van der Waals surface area (Å²) in [7, 11) is 0. The predicted molar refractivity (Wildman–Crippen MR) is 87.6 cm³/mol. The lowest BCUT2D eigenvalue weighted by molar-refractivity contribution is -0.137.